The first-order chi connectivity index (χ1) is 9.76. The normalized spacial score (nSPS) is 25.9. The molecule has 0 aromatic heterocycles. The van der Waals surface area contributed by atoms with Crippen LogP contribution in [0.2, 0.25) is 0 Å². The quantitative estimate of drug-likeness (QED) is 0.609. The summed E-state index contributed by atoms with van der Waals surface area (Å²) in [6.07, 6.45) is 0.344. The number of sulfone groups is 1. The molecule has 9 heteroatoms. The van der Waals surface area contributed by atoms with Crippen LogP contribution in [-0.4, -0.2) is 49.8 Å². The Morgan fingerprint density at radius 1 is 1.52 bits per heavy atom. The average Bonchev–Trinajstić information content (AvgIpc) is 2.81. The Morgan fingerprint density at radius 3 is 2.76 bits per heavy atom. The molecular formula is C12H15NO7S. The van der Waals surface area contributed by atoms with Crippen LogP contribution >= 0.6 is 0 Å². The van der Waals surface area contributed by atoms with Gasteiger partial charge in [-0.2, -0.15) is 0 Å². The standard InChI is InChI=1S/C12H15NO7S/c1-21(17,18)8-12(19-7-11(6-14)20-12)9-3-2-4-10(5-9)13(15)16/h2-5,11,14H,6-8H2,1H3/t11-,12+/m1/s1. The Kier molecular flexibility index (Phi) is 4.28. The van der Waals surface area contributed by atoms with Crippen LogP contribution in [0, 0.1) is 10.1 Å². The van der Waals surface area contributed by atoms with Gasteiger partial charge in [0.25, 0.3) is 5.69 Å². The molecule has 116 valence electrons. The summed E-state index contributed by atoms with van der Waals surface area (Å²) in [5.74, 6) is -2.12. The summed E-state index contributed by atoms with van der Waals surface area (Å²) in [5, 5.41) is 20.0. The molecular weight excluding hydrogens is 302 g/mol. The van der Waals surface area contributed by atoms with E-state index < -0.39 is 32.4 Å². The Labute approximate surface area is 121 Å². The monoisotopic (exact) mass is 317 g/mol. The average molecular weight is 317 g/mol. The zero-order valence-corrected chi connectivity index (χ0v) is 12.1. The molecule has 1 heterocycles. The maximum absolute atomic E-state index is 11.6. The number of nitro benzene ring substituents is 1. The second-order valence-electron chi connectivity index (χ2n) is 4.86. The molecule has 0 aliphatic carbocycles. The smallest absolute Gasteiger partial charge is 0.269 e. The first-order valence-corrected chi connectivity index (χ1v) is 8.17. The molecule has 1 aromatic rings. The van der Waals surface area contributed by atoms with Crippen molar-refractivity contribution in [2.75, 3.05) is 25.2 Å². The summed E-state index contributed by atoms with van der Waals surface area (Å²) < 4.78 is 34.2. The zero-order chi connectivity index (χ0) is 15.7. The van der Waals surface area contributed by atoms with Crippen LogP contribution in [0.1, 0.15) is 5.56 Å². The fourth-order valence-electron chi connectivity index (χ4n) is 2.17. The lowest BCUT2D eigenvalue weighted by molar-refractivity contribution is -0.385. The number of nitrogens with zero attached hydrogens (tertiary/aromatic N) is 1. The van der Waals surface area contributed by atoms with E-state index >= 15 is 0 Å². The molecule has 0 bridgehead atoms. The predicted octanol–water partition coefficient (Wildman–Crippen LogP) is 0.200. The third kappa shape index (κ3) is 3.56. The SMILES string of the molecule is CS(=O)(=O)C[C@]1(c2cccc([N+](=O)[O-])c2)OC[C@@H](CO)O1. The van der Waals surface area contributed by atoms with E-state index in [0.29, 0.717) is 0 Å². The fraction of sp³-hybridized carbons (Fsp3) is 0.500. The minimum Gasteiger partial charge on any atom is -0.394 e. The Morgan fingerprint density at radius 2 is 2.24 bits per heavy atom. The van der Waals surface area contributed by atoms with E-state index in [0.717, 1.165) is 6.26 Å². The second kappa shape index (κ2) is 5.68. The summed E-state index contributed by atoms with van der Waals surface area (Å²) in [4.78, 5) is 10.3. The van der Waals surface area contributed by atoms with Gasteiger partial charge in [0.05, 0.1) is 18.1 Å². The number of hydrogen-bond acceptors (Lipinski definition) is 7. The molecule has 0 radical (unpaired) electrons. The minimum absolute atomic E-state index is 0.00864. The topological polar surface area (TPSA) is 116 Å². The minimum atomic E-state index is -3.48. The van der Waals surface area contributed by atoms with Crippen molar-refractivity contribution in [3.8, 4) is 0 Å². The highest BCUT2D eigenvalue weighted by atomic mass is 32.2. The Bertz CT molecular complexity index is 645. The highest BCUT2D eigenvalue weighted by Crippen LogP contribution is 2.36. The van der Waals surface area contributed by atoms with Crippen LogP contribution in [0.3, 0.4) is 0 Å². The number of rotatable bonds is 5. The lowest BCUT2D eigenvalue weighted by Gasteiger charge is -2.27. The third-order valence-corrected chi connectivity index (χ3v) is 3.92. The van der Waals surface area contributed by atoms with Gasteiger partial charge in [-0.25, -0.2) is 8.42 Å². The van der Waals surface area contributed by atoms with Gasteiger partial charge in [0, 0.05) is 24.0 Å². The second-order valence-corrected chi connectivity index (χ2v) is 7.00. The molecule has 0 saturated carbocycles. The van der Waals surface area contributed by atoms with Crippen LogP contribution in [0.5, 0.6) is 0 Å². The Balaban J connectivity index is 2.45. The number of ether oxygens (including phenoxy) is 2. The number of hydrogen-bond donors (Lipinski definition) is 1. The Hall–Kier alpha value is -1.55. The summed E-state index contributed by atoms with van der Waals surface area (Å²) >= 11 is 0. The van der Waals surface area contributed by atoms with Crippen molar-refractivity contribution in [2.24, 2.45) is 0 Å². The van der Waals surface area contributed by atoms with Crippen molar-refractivity contribution in [1.29, 1.82) is 0 Å². The fourth-order valence-corrected chi connectivity index (χ4v) is 3.18. The van der Waals surface area contributed by atoms with Gasteiger partial charge in [0.1, 0.15) is 11.9 Å². The molecule has 1 aliphatic heterocycles. The summed E-state index contributed by atoms with van der Waals surface area (Å²) in [5.41, 5.74) is 0.0399. The first-order valence-electron chi connectivity index (χ1n) is 6.11. The van der Waals surface area contributed by atoms with Gasteiger partial charge in [0.2, 0.25) is 5.79 Å². The number of aliphatic hydroxyl groups excluding tert-OH is 1. The van der Waals surface area contributed by atoms with Gasteiger partial charge in [-0.05, 0) is 0 Å². The van der Waals surface area contributed by atoms with Gasteiger partial charge >= 0.3 is 0 Å². The zero-order valence-electron chi connectivity index (χ0n) is 11.3. The van der Waals surface area contributed by atoms with Gasteiger partial charge < -0.3 is 14.6 Å². The molecule has 1 saturated heterocycles. The molecule has 0 amide bonds. The van der Waals surface area contributed by atoms with Crippen molar-refractivity contribution in [2.45, 2.75) is 11.9 Å². The van der Waals surface area contributed by atoms with E-state index in [2.05, 4.69) is 0 Å². The predicted molar refractivity (Wildman–Crippen MR) is 72.4 cm³/mol. The van der Waals surface area contributed by atoms with Crippen molar-refractivity contribution in [3.63, 3.8) is 0 Å². The van der Waals surface area contributed by atoms with Crippen LogP contribution in [0.15, 0.2) is 24.3 Å². The van der Waals surface area contributed by atoms with E-state index in [1.54, 1.807) is 0 Å². The van der Waals surface area contributed by atoms with E-state index in [1.807, 2.05) is 0 Å². The molecule has 1 aromatic carbocycles. The van der Waals surface area contributed by atoms with Crippen molar-refractivity contribution in [1.82, 2.24) is 0 Å². The summed E-state index contributed by atoms with van der Waals surface area (Å²) in [6, 6.07) is 5.43. The van der Waals surface area contributed by atoms with E-state index in [4.69, 9.17) is 14.6 Å². The lowest BCUT2D eigenvalue weighted by atomic mass is 10.1. The van der Waals surface area contributed by atoms with Crippen LogP contribution in [0.4, 0.5) is 5.69 Å². The molecule has 8 nitrogen and oxygen atoms in total. The van der Waals surface area contributed by atoms with E-state index in [-0.39, 0.29) is 24.5 Å². The molecule has 2 rings (SSSR count). The molecule has 0 unspecified atom stereocenters. The molecule has 0 spiro atoms. The van der Waals surface area contributed by atoms with Crippen molar-refractivity contribution >= 4 is 15.5 Å². The number of non-ortho nitro benzene ring substituents is 1. The van der Waals surface area contributed by atoms with Gasteiger partial charge in [0.15, 0.2) is 9.84 Å². The highest BCUT2D eigenvalue weighted by Gasteiger charge is 2.46. The van der Waals surface area contributed by atoms with Crippen LogP contribution in [-0.2, 0) is 25.1 Å². The highest BCUT2D eigenvalue weighted by molar-refractivity contribution is 7.90. The van der Waals surface area contributed by atoms with Gasteiger partial charge in [-0.3, -0.25) is 10.1 Å². The van der Waals surface area contributed by atoms with E-state index in [1.165, 1.54) is 24.3 Å². The number of benzene rings is 1. The molecule has 21 heavy (non-hydrogen) atoms. The van der Waals surface area contributed by atoms with Gasteiger partial charge in [-0.15, -0.1) is 0 Å². The largest absolute Gasteiger partial charge is 0.394 e. The van der Waals surface area contributed by atoms with Gasteiger partial charge in [-0.1, -0.05) is 12.1 Å². The molecule has 1 N–H and O–H groups in total. The summed E-state index contributed by atoms with van der Waals surface area (Å²) in [7, 11) is -3.48. The maximum atomic E-state index is 11.6. The maximum Gasteiger partial charge on any atom is 0.269 e. The number of aliphatic hydroxyl groups is 1. The van der Waals surface area contributed by atoms with Crippen LogP contribution < -0.4 is 0 Å². The molecule has 1 aliphatic rings. The van der Waals surface area contributed by atoms with Crippen molar-refractivity contribution < 1.29 is 27.9 Å². The number of nitro groups is 1. The van der Waals surface area contributed by atoms with Crippen molar-refractivity contribution in [3.05, 3.63) is 39.9 Å². The van der Waals surface area contributed by atoms with E-state index in [9.17, 15) is 18.5 Å². The molecule has 2 atom stereocenters. The summed E-state index contributed by atoms with van der Waals surface area (Å²) in [6.45, 7) is -0.324. The van der Waals surface area contributed by atoms with Crippen LogP contribution in [0.25, 0.3) is 0 Å². The lowest BCUT2D eigenvalue weighted by Crippen LogP contribution is -2.36. The third-order valence-electron chi connectivity index (χ3n) is 3.01. The first kappa shape index (κ1) is 15.8. The molecule has 1 fully saturated rings.